The van der Waals surface area contributed by atoms with E-state index in [1.54, 1.807) is 0 Å². The number of aromatic nitrogens is 3. The third-order valence-electron chi connectivity index (χ3n) is 7.64. The van der Waals surface area contributed by atoms with Crippen LogP contribution >= 0.6 is 0 Å². The topological polar surface area (TPSA) is 38.3 Å². The van der Waals surface area contributed by atoms with E-state index in [4.69, 9.17) is 0 Å². The Morgan fingerprint density at radius 2 is 1.68 bits per heavy atom. The molecule has 0 atom stereocenters. The van der Waals surface area contributed by atoms with Crippen LogP contribution in [0.4, 0.5) is 5.69 Å². The second-order valence-electron chi connectivity index (χ2n) is 9.70. The summed E-state index contributed by atoms with van der Waals surface area (Å²) >= 11 is 0. The molecule has 0 amide bonds. The van der Waals surface area contributed by atoms with Gasteiger partial charge in [0, 0.05) is 69.4 Å². The smallest absolute Gasteiger partial charge is 0.333 e. The second-order valence-corrected chi connectivity index (χ2v) is 9.70. The lowest BCUT2D eigenvalue weighted by Crippen LogP contribution is -2.47. The Morgan fingerprint density at radius 3 is 2.47 bits per heavy atom. The van der Waals surface area contributed by atoms with E-state index in [0.29, 0.717) is 0 Å². The highest BCUT2D eigenvalue weighted by atomic mass is 16.1. The number of rotatable bonds is 5. The number of nitrogens with zero attached hydrogens (tertiary/aromatic N) is 5. The lowest BCUT2D eigenvalue weighted by atomic mass is 10.0. The Kier molecular flexibility index (Phi) is 5.53. The monoisotopic (exact) mass is 455 g/mol. The molecule has 0 saturated carbocycles. The molecule has 34 heavy (non-hydrogen) atoms. The number of hydrogen-bond donors (Lipinski definition) is 0. The van der Waals surface area contributed by atoms with Crippen LogP contribution in [0.25, 0.3) is 27.6 Å². The van der Waals surface area contributed by atoms with E-state index < -0.39 is 0 Å². The first-order valence-electron chi connectivity index (χ1n) is 12.6. The molecule has 2 aromatic heterocycles. The molecular formula is C28H33N5O. The number of hydrogen-bond acceptors (Lipinski definition) is 3. The summed E-state index contributed by atoms with van der Waals surface area (Å²) in [6.45, 7) is 5.69. The van der Waals surface area contributed by atoms with E-state index in [0.717, 1.165) is 63.1 Å². The van der Waals surface area contributed by atoms with Gasteiger partial charge in [0.15, 0.2) is 0 Å². The van der Waals surface area contributed by atoms with Crippen molar-refractivity contribution in [3.05, 3.63) is 71.3 Å². The predicted molar refractivity (Wildman–Crippen MR) is 141 cm³/mol. The van der Waals surface area contributed by atoms with Gasteiger partial charge in [-0.1, -0.05) is 24.3 Å². The van der Waals surface area contributed by atoms with Crippen molar-refractivity contribution < 1.29 is 0 Å². The van der Waals surface area contributed by atoms with Crippen molar-refractivity contribution in [3.8, 4) is 0 Å². The van der Waals surface area contributed by atoms with Gasteiger partial charge in [-0.05, 0) is 61.4 Å². The molecule has 1 aliphatic carbocycles. The third kappa shape index (κ3) is 3.76. The van der Waals surface area contributed by atoms with Crippen molar-refractivity contribution >= 4 is 33.3 Å². The van der Waals surface area contributed by atoms with Gasteiger partial charge in [0.2, 0.25) is 0 Å². The zero-order valence-corrected chi connectivity index (χ0v) is 20.0. The minimum Gasteiger partial charge on any atom is -0.369 e. The van der Waals surface area contributed by atoms with Crippen LogP contribution in [0.5, 0.6) is 0 Å². The van der Waals surface area contributed by atoms with E-state index in [9.17, 15) is 4.79 Å². The Balaban J connectivity index is 1.16. The summed E-state index contributed by atoms with van der Waals surface area (Å²) in [6, 6.07) is 17.2. The molecule has 0 spiro atoms. The summed E-state index contributed by atoms with van der Waals surface area (Å²) in [4.78, 5) is 18.4. The van der Waals surface area contributed by atoms with Crippen molar-refractivity contribution in [2.24, 2.45) is 7.05 Å². The third-order valence-corrected chi connectivity index (χ3v) is 7.64. The number of para-hydroxylation sites is 2. The fourth-order valence-corrected chi connectivity index (χ4v) is 5.64. The van der Waals surface area contributed by atoms with Gasteiger partial charge in [-0.2, -0.15) is 0 Å². The molecule has 0 unspecified atom stereocenters. The van der Waals surface area contributed by atoms with Gasteiger partial charge < -0.3 is 9.47 Å². The molecule has 1 aliphatic heterocycles. The Labute approximate surface area is 200 Å². The van der Waals surface area contributed by atoms with Gasteiger partial charge in [-0.25, -0.2) is 4.79 Å². The van der Waals surface area contributed by atoms with Gasteiger partial charge in [0.25, 0.3) is 0 Å². The van der Waals surface area contributed by atoms with Gasteiger partial charge in [0.1, 0.15) is 0 Å². The number of fused-ring (bicyclic) bond motifs is 2. The van der Waals surface area contributed by atoms with E-state index in [2.05, 4.69) is 70.1 Å². The molecule has 2 aromatic carbocycles. The normalized spacial score (nSPS) is 17.6. The fourth-order valence-electron chi connectivity index (χ4n) is 5.64. The van der Waals surface area contributed by atoms with Crippen LogP contribution in [-0.4, -0.2) is 51.3 Å². The minimum atomic E-state index is 0.115. The maximum absolute atomic E-state index is 13.5. The first-order valence-corrected chi connectivity index (χ1v) is 12.6. The summed E-state index contributed by atoms with van der Waals surface area (Å²) in [5.41, 5.74) is 5.96. The van der Waals surface area contributed by atoms with Crippen LogP contribution in [0.15, 0.2) is 65.6 Å². The summed E-state index contributed by atoms with van der Waals surface area (Å²) in [5, 5.41) is 1.29. The highest BCUT2D eigenvalue weighted by Crippen LogP contribution is 2.26. The molecule has 4 aromatic rings. The van der Waals surface area contributed by atoms with E-state index in [-0.39, 0.29) is 5.69 Å². The Morgan fingerprint density at radius 1 is 0.853 bits per heavy atom. The van der Waals surface area contributed by atoms with Crippen LogP contribution < -0.4 is 10.6 Å². The van der Waals surface area contributed by atoms with Crippen LogP contribution in [-0.2, 0) is 13.6 Å². The highest BCUT2D eigenvalue weighted by molar-refractivity contribution is 5.84. The molecular weight excluding hydrogens is 422 g/mol. The van der Waals surface area contributed by atoms with E-state index in [1.165, 1.54) is 35.1 Å². The Bertz CT molecular complexity index is 1410. The number of imidazole rings is 1. The van der Waals surface area contributed by atoms with Crippen molar-refractivity contribution in [1.82, 2.24) is 18.6 Å². The summed E-state index contributed by atoms with van der Waals surface area (Å²) in [5.74, 6) is 0. The molecule has 6 rings (SSSR count). The average Bonchev–Trinajstić information content (AvgIpc) is 3.39. The van der Waals surface area contributed by atoms with Gasteiger partial charge in [-0.3, -0.25) is 14.0 Å². The standard InChI is InChI=1S/C28H33N5O/c1-29-14-13-22-11-12-24(21-27(22)29)31-18-15-30(16-19-31)17-20-32-25-9-5-6-10-26(25)33(28(32)34)23-7-3-2-4-8-23/h5-7,9-14,21H,2-4,8,15-20H2,1H3. The summed E-state index contributed by atoms with van der Waals surface area (Å²) in [6.07, 6.45) is 8.83. The maximum Gasteiger partial charge on any atom is 0.333 e. The predicted octanol–water partition coefficient (Wildman–Crippen LogP) is 4.53. The SMILES string of the molecule is Cn1ccc2ccc(N3CCN(CCn4c(=O)n(C5=CCCCC5)c5ccccc54)CC3)cc21. The quantitative estimate of drug-likeness (QED) is 0.444. The average molecular weight is 456 g/mol. The number of piperazine rings is 1. The molecule has 176 valence electrons. The molecule has 6 heteroatoms. The van der Waals surface area contributed by atoms with Crippen LogP contribution in [0.1, 0.15) is 25.7 Å². The molecule has 0 radical (unpaired) electrons. The van der Waals surface area contributed by atoms with Gasteiger partial charge in [0.05, 0.1) is 11.0 Å². The Hall–Kier alpha value is -3.25. The fraction of sp³-hybridized carbons (Fsp3) is 0.393. The van der Waals surface area contributed by atoms with Gasteiger partial charge >= 0.3 is 5.69 Å². The van der Waals surface area contributed by atoms with Crippen molar-refractivity contribution in [2.75, 3.05) is 37.6 Å². The van der Waals surface area contributed by atoms with Crippen LogP contribution in [0.3, 0.4) is 0 Å². The highest BCUT2D eigenvalue weighted by Gasteiger charge is 2.20. The number of anilines is 1. The van der Waals surface area contributed by atoms with E-state index in [1.807, 2.05) is 21.3 Å². The molecule has 3 heterocycles. The lowest BCUT2D eigenvalue weighted by Gasteiger charge is -2.36. The molecule has 0 bridgehead atoms. The number of allylic oxidation sites excluding steroid dienone is 2. The first-order chi connectivity index (χ1) is 16.7. The molecule has 0 N–H and O–H groups in total. The van der Waals surface area contributed by atoms with Crippen molar-refractivity contribution in [2.45, 2.75) is 32.2 Å². The molecule has 1 saturated heterocycles. The zero-order valence-electron chi connectivity index (χ0n) is 20.0. The lowest BCUT2D eigenvalue weighted by molar-refractivity contribution is 0.248. The van der Waals surface area contributed by atoms with Crippen molar-refractivity contribution in [3.63, 3.8) is 0 Å². The minimum absolute atomic E-state index is 0.115. The second kappa shape index (κ2) is 8.84. The number of benzene rings is 2. The van der Waals surface area contributed by atoms with E-state index >= 15 is 0 Å². The van der Waals surface area contributed by atoms with Crippen molar-refractivity contribution in [1.29, 1.82) is 0 Å². The van der Waals surface area contributed by atoms with Crippen LogP contribution in [0.2, 0.25) is 0 Å². The number of aryl methyl sites for hydroxylation is 1. The molecule has 2 aliphatic rings. The first kappa shape index (κ1) is 21.3. The zero-order chi connectivity index (χ0) is 23.1. The summed E-state index contributed by atoms with van der Waals surface area (Å²) < 4.78 is 6.14. The molecule has 1 fully saturated rings. The van der Waals surface area contributed by atoms with Crippen LogP contribution in [0, 0.1) is 0 Å². The summed E-state index contributed by atoms with van der Waals surface area (Å²) in [7, 11) is 2.10. The van der Waals surface area contributed by atoms with Gasteiger partial charge in [-0.15, -0.1) is 0 Å². The maximum atomic E-state index is 13.5. The largest absolute Gasteiger partial charge is 0.369 e. The molecule has 6 nitrogen and oxygen atoms in total.